The number of nitrogens with zero attached hydrogens (tertiary/aromatic N) is 2. The van der Waals surface area contributed by atoms with E-state index in [0.29, 0.717) is 12.0 Å². The first kappa shape index (κ1) is 13.4. The zero-order chi connectivity index (χ0) is 14.1. The number of likely N-dealkylation sites (tertiary alicyclic amines) is 1. The number of benzene rings is 1. The minimum atomic E-state index is 0.248. The summed E-state index contributed by atoms with van der Waals surface area (Å²) in [4.78, 5) is 10.3. The van der Waals surface area contributed by atoms with Crippen molar-refractivity contribution in [3.05, 3.63) is 24.0 Å². The highest BCUT2D eigenvalue weighted by atomic mass is 16.3. The van der Waals surface area contributed by atoms with Crippen LogP contribution in [0.2, 0.25) is 0 Å². The van der Waals surface area contributed by atoms with Crippen LogP contribution in [0.1, 0.15) is 19.2 Å². The molecule has 1 aromatic heterocycles. The lowest BCUT2D eigenvalue weighted by Crippen LogP contribution is -2.36. The Labute approximate surface area is 118 Å². The number of nitrogens with two attached hydrogens (primary N) is 1. The van der Waals surface area contributed by atoms with E-state index in [1.54, 1.807) is 0 Å². The molecule has 0 amide bonds. The molecule has 1 aliphatic heterocycles. The molecule has 2 atom stereocenters. The van der Waals surface area contributed by atoms with Crippen LogP contribution in [-0.2, 0) is 6.42 Å². The van der Waals surface area contributed by atoms with Gasteiger partial charge in [0.05, 0.1) is 17.6 Å². The number of anilines is 1. The highest BCUT2D eigenvalue weighted by molar-refractivity contribution is 5.78. The Bertz CT molecular complexity index is 595. The Morgan fingerprint density at radius 1 is 1.50 bits per heavy atom. The first-order valence-corrected chi connectivity index (χ1v) is 7.26. The van der Waals surface area contributed by atoms with Gasteiger partial charge in [-0.05, 0) is 37.1 Å². The number of nitrogens with one attached hydrogen (secondary N) is 1. The number of aliphatic hydroxyl groups excluding tert-OH is 1. The molecule has 5 nitrogen and oxygen atoms in total. The van der Waals surface area contributed by atoms with Gasteiger partial charge in [-0.2, -0.15) is 0 Å². The first-order valence-electron chi connectivity index (χ1n) is 7.26. The van der Waals surface area contributed by atoms with Crippen molar-refractivity contribution in [1.82, 2.24) is 14.9 Å². The van der Waals surface area contributed by atoms with Gasteiger partial charge in [-0.3, -0.25) is 4.90 Å². The monoisotopic (exact) mass is 274 g/mol. The molecule has 0 saturated carbocycles. The maximum atomic E-state index is 9.47. The van der Waals surface area contributed by atoms with Crippen LogP contribution in [0.5, 0.6) is 0 Å². The van der Waals surface area contributed by atoms with Crippen LogP contribution < -0.4 is 5.73 Å². The van der Waals surface area contributed by atoms with Crippen molar-refractivity contribution in [3.63, 3.8) is 0 Å². The number of aromatic amines is 1. The summed E-state index contributed by atoms with van der Waals surface area (Å²) in [5, 5.41) is 9.47. The molecule has 0 radical (unpaired) electrons. The topological polar surface area (TPSA) is 78.2 Å². The average molecular weight is 274 g/mol. The third-order valence-corrected chi connectivity index (χ3v) is 4.38. The number of aliphatic hydroxyl groups is 1. The normalized spacial score (nSPS) is 23.7. The lowest BCUT2D eigenvalue weighted by atomic mass is 10.0. The fourth-order valence-corrected chi connectivity index (χ4v) is 3.11. The zero-order valence-corrected chi connectivity index (χ0v) is 11.8. The Hall–Kier alpha value is -1.59. The van der Waals surface area contributed by atoms with Crippen LogP contribution in [0.3, 0.4) is 0 Å². The van der Waals surface area contributed by atoms with Crippen LogP contribution in [0.25, 0.3) is 11.0 Å². The summed E-state index contributed by atoms with van der Waals surface area (Å²) >= 11 is 0. The number of imidazole rings is 1. The summed E-state index contributed by atoms with van der Waals surface area (Å²) in [6.07, 6.45) is 2.04. The molecule has 1 fully saturated rings. The number of hydrogen-bond acceptors (Lipinski definition) is 4. The predicted molar refractivity (Wildman–Crippen MR) is 80.4 cm³/mol. The largest absolute Gasteiger partial charge is 0.399 e. The zero-order valence-electron chi connectivity index (χ0n) is 11.8. The van der Waals surface area contributed by atoms with Crippen molar-refractivity contribution >= 4 is 16.7 Å². The van der Waals surface area contributed by atoms with E-state index in [1.807, 2.05) is 18.2 Å². The standard InChI is InChI=1S/C15H22N4O/c1-10-4-6-19(14(10)9-20)7-5-15-17-12-3-2-11(16)8-13(12)18-15/h2-3,8,10,14,20H,4-7,9,16H2,1H3,(H,17,18). The fourth-order valence-electron chi connectivity index (χ4n) is 3.11. The number of aromatic nitrogens is 2. The molecule has 4 N–H and O–H groups in total. The molecule has 2 heterocycles. The van der Waals surface area contributed by atoms with Crippen molar-refractivity contribution in [3.8, 4) is 0 Å². The fraction of sp³-hybridized carbons (Fsp3) is 0.533. The second-order valence-corrected chi connectivity index (χ2v) is 5.76. The molecular weight excluding hydrogens is 252 g/mol. The summed E-state index contributed by atoms with van der Waals surface area (Å²) in [6, 6.07) is 6.03. The molecule has 0 bridgehead atoms. The smallest absolute Gasteiger partial charge is 0.108 e. The molecule has 2 aromatic rings. The molecule has 3 rings (SSSR count). The molecule has 20 heavy (non-hydrogen) atoms. The van der Waals surface area contributed by atoms with Gasteiger partial charge in [-0.1, -0.05) is 6.92 Å². The Morgan fingerprint density at radius 2 is 2.35 bits per heavy atom. The molecular formula is C15H22N4O. The van der Waals surface area contributed by atoms with Gasteiger partial charge in [-0.15, -0.1) is 0 Å². The lowest BCUT2D eigenvalue weighted by molar-refractivity contribution is 0.140. The minimum absolute atomic E-state index is 0.248. The van der Waals surface area contributed by atoms with Crippen molar-refractivity contribution in [2.75, 3.05) is 25.4 Å². The van der Waals surface area contributed by atoms with Crippen molar-refractivity contribution in [2.45, 2.75) is 25.8 Å². The second kappa shape index (κ2) is 5.42. The van der Waals surface area contributed by atoms with Crippen LogP contribution in [0, 0.1) is 5.92 Å². The van der Waals surface area contributed by atoms with E-state index in [1.165, 1.54) is 6.42 Å². The van der Waals surface area contributed by atoms with E-state index in [9.17, 15) is 5.11 Å². The highest BCUT2D eigenvalue weighted by Gasteiger charge is 2.29. The maximum absolute atomic E-state index is 9.47. The minimum Gasteiger partial charge on any atom is -0.399 e. The van der Waals surface area contributed by atoms with Gasteiger partial charge in [0.1, 0.15) is 5.82 Å². The van der Waals surface area contributed by atoms with E-state index >= 15 is 0 Å². The molecule has 2 unspecified atom stereocenters. The maximum Gasteiger partial charge on any atom is 0.108 e. The Balaban J connectivity index is 1.68. The van der Waals surface area contributed by atoms with E-state index < -0.39 is 0 Å². The number of nitrogen functional groups attached to an aromatic ring is 1. The van der Waals surface area contributed by atoms with Crippen LogP contribution in [-0.4, -0.2) is 45.7 Å². The molecule has 0 aliphatic carbocycles. The molecule has 0 spiro atoms. The van der Waals surface area contributed by atoms with Crippen molar-refractivity contribution in [1.29, 1.82) is 0 Å². The number of fused-ring (bicyclic) bond motifs is 1. The molecule has 1 aliphatic rings. The van der Waals surface area contributed by atoms with Crippen LogP contribution in [0.4, 0.5) is 5.69 Å². The van der Waals surface area contributed by atoms with E-state index in [-0.39, 0.29) is 6.61 Å². The van der Waals surface area contributed by atoms with Gasteiger partial charge in [0, 0.05) is 24.7 Å². The molecule has 1 aromatic carbocycles. The SMILES string of the molecule is CC1CCN(CCc2nc3ccc(N)cc3[nH]2)C1CO. The van der Waals surface area contributed by atoms with Gasteiger partial charge in [-0.25, -0.2) is 4.98 Å². The number of rotatable bonds is 4. The first-order chi connectivity index (χ1) is 9.67. The Morgan fingerprint density at radius 3 is 3.15 bits per heavy atom. The van der Waals surface area contributed by atoms with Gasteiger partial charge >= 0.3 is 0 Å². The summed E-state index contributed by atoms with van der Waals surface area (Å²) in [5.41, 5.74) is 8.48. The Kier molecular flexibility index (Phi) is 3.63. The summed E-state index contributed by atoms with van der Waals surface area (Å²) in [6.45, 7) is 4.47. The third kappa shape index (κ3) is 2.51. The van der Waals surface area contributed by atoms with Crippen LogP contribution >= 0.6 is 0 Å². The quantitative estimate of drug-likeness (QED) is 0.736. The van der Waals surface area contributed by atoms with Gasteiger partial charge in [0.2, 0.25) is 0 Å². The van der Waals surface area contributed by atoms with Crippen molar-refractivity contribution in [2.24, 2.45) is 5.92 Å². The van der Waals surface area contributed by atoms with E-state index in [4.69, 9.17) is 5.73 Å². The molecule has 108 valence electrons. The average Bonchev–Trinajstić information content (AvgIpc) is 2.98. The number of H-pyrrole nitrogens is 1. The number of hydrogen-bond donors (Lipinski definition) is 3. The van der Waals surface area contributed by atoms with Gasteiger partial charge in [0.25, 0.3) is 0 Å². The van der Waals surface area contributed by atoms with E-state index in [2.05, 4.69) is 21.8 Å². The lowest BCUT2D eigenvalue weighted by Gasteiger charge is -2.24. The summed E-state index contributed by atoms with van der Waals surface area (Å²) < 4.78 is 0. The highest BCUT2D eigenvalue weighted by Crippen LogP contribution is 2.23. The van der Waals surface area contributed by atoms with Gasteiger partial charge < -0.3 is 15.8 Å². The summed E-state index contributed by atoms with van der Waals surface area (Å²) in [7, 11) is 0. The second-order valence-electron chi connectivity index (χ2n) is 5.76. The molecule has 5 heteroatoms. The summed E-state index contributed by atoms with van der Waals surface area (Å²) in [5.74, 6) is 1.57. The van der Waals surface area contributed by atoms with Crippen molar-refractivity contribution < 1.29 is 5.11 Å². The van der Waals surface area contributed by atoms with Crippen LogP contribution in [0.15, 0.2) is 18.2 Å². The van der Waals surface area contributed by atoms with Gasteiger partial charge in [0.15, 0.2) is 0 Å². The molecule has 1 saturated heterocycles. The predicted octanol–water partition coefficient (Wildman–Crippen LogP) is 1.39. The third-order valence-electron chi connectivity index (χ3n) is 4.38. The van der Waals surface area contributed by atoms with E-state index in [0.717, 1.165) is 42.1 Å².